The monoisotopic (exact) mass is 235 g/mol. The molecule has 1 aromatic rings. The minimum Gasteiger partial charge on any atom is -0.384 e. The first kappa shape index (κ1) is 12.5. The number of rotatable bonds is 3. The molecule has 2 rings (SSSR count). The van der Waals surface area contributed by atoms with E-state index in [1.54, 1.807) is 13.8 Å². The molecule has 0 radical (unpaired) electrons. The molecule has 0 atom stereocenters. The standard InChI is InChI=1S/C13H21N3O/c1-13(2,17)12-4-3-11(9-15-12)10-16-7-5-14-6-8-16/h3-4,9,14,17H,5-8,10H2,1-2H3. The number of pyridine rings is 1. The Bertz CT molecular complexity index is 350. The Kier molecular flexibility index (Phi) is 3.76. The largest absolute Gasteiger partial charge is 0.384 e. The first-order valence-corrected chi connectivity index (χ1v) is 6.16. The second kappa shape index (κ2) is 5.12. The van der Waals surface area contributed by atoms with Crippen LogP contribution < -0.4 is 5.32 Å². The second-order valence-electron chi connectivity index (χ2n) is 5.14. The smallest absolute Gasteiger partial charge is 0.101 e. The van der Waals surface area contributed by atoms with Gasteiger partial charge >= 0.3 is 0 Å². The molecule has 0 bridgehead atoms. The Morgan fingerprint density at radius 3 is 2.59 bits per heavy atom. The minimum atomic E-state index is -0.854. The lowest BCUT2D eigenvalue weighted by atomic mass is 10.0. The Morgan fingerprint density at radius 2 is 2.06 bits per heavy atom. The Labute approximate surface area is 103 Å². The topological polar surface area (TPSA) is 48.4 Å². The van der Waals surface area contributed by atoms with Crippen LogP contribution in [0.15, 0.2) is 18.3 Å². The molecule has 2 N–H and O–H groups in total. The van der Waals surface area contributed by atoms with Gasteiger partial charge in [-0.3, -0.25) is 9.88 Å². The third kappa shape index (κ3) is 3.49. The lowest BCUT2D eigenvalue weighted by molar-refractivity contribution is 0.0738. The van der Waals surface area contributed by atoms with Gasteiger partial charge in [0.15, 0.2) is 0 Å². The van der Waals surface area contributed by atoms with Crippen LogP contribution in [0.3, 0.4) is 0 Å². The molecular formula is C13H21N3O. The van der Waals surface area contributed by atoms with Crippen molar-refractivity contribution < 1.29 is 5.11 Å². The molecule has 0 unspecified atom stereocenters. The van der Waals surface area contributed by atoms with E-state index in [0.717, 1.165) is 38.4 Å². The van der Waals surface area contributed by atoms with E-state index in [9.17, 15) is 5.11 Å². The van der Waals surface area contributed by atoms with Gasteiger partial charge in [0.2, 0.25) is 0 Å². The number of aromatic nitrogens is 1. The fraction of sp³-hybridized carbons (Fsp3) is 0.615. The summed E-state index contributed by atoms with van der Waals surface area (Å²) < 4.78 is 0. The molecule has 2 heterocycles. The van der Waals surface area contributed by atoms with Crippen molar-refractivity contribution in [2.24, 2.45) is 0 Å². The predicted octanol–water partition coefficient (Wildman–Crippen LogP) is 0.714. The number of aliphatic hydroxyl groups is 1. The molecule has 1 aliphatic rings. The molecule has 1 aromatic heterocycles. The maximum Gasteiger partial charge on any atom is 0.101 e. The van der Waals surface area contributed by atoms with Gasteiger partial charge in [0.1, 0.15) is 5.60 Å². The molecule has 0 spiro atoms. The van der Waals surface area contributed by atoms with Gasteiger partial charge in [0, 0.05) is 38.9 Å². The fourth-order valence-electron chi connectivity index (χ4n) is 2.01. The van der Waals surface area contributed by atoms with Crippen LogP contribution in [0.2, 0.25) is 0 Å². The van der Waals surface area contributed by atoms with Gasteiger partial charge in [-0.2, -0.15) is 0 Å². The molecule has 94 valence electrons. The van der Waals surface area contributed by atoms with Crippen molar-refractivity contribution in [2.45, 2.75) is 26.0 Å². The average molecular weight is 235 g/mol. The number of hydrogen-bond donors (Lipinski definition) is 2. The van der Waals surface area contributed by atoms with Crippen LogP contribution >= 0.6 is 0 Å². The van der Waals surface area contributed by atoms with E-state index in [0.29, 0.717) is 0 Å². The van der Waals surface area contributed by atoms with Crippen LogP contribution in [0.4, 0.5) is 0 Å². The zero-order chi connectivity index (χ0) is 12.3. The van der Waals surface area contributed by atoms with Crippen LogP contribution in [-0.4, -0.2) is 41.2 Å². The second-order valence-corrected chi connectivity index (χ2v) is 5.14. The van der Waals surface area contributed by atoms with E-state index in [4.69, 9.17) is 0 Å². The maximum absolute atomic E-state index is 9.82. The van der Waals surface area contributed by atoms with Crippen molar-refractivity contribution in [1.29, 1.82) is 0 Å². The molecule has 4 nitrogen and oxygen atoms in total. The molecule has 0 saturated carbocycles. The van der Waals surface area contributed by atoms with E-state index >= 15 is 0 Å². The number of nitrogens with zero attached hydrogens (tertiary/aromatic N) is 2. The lowest BCUT2D eigenvalue weighted by Crippen LogP contribution is -2.42. The van der Waals surface area contributed by atoms with Crippen molar-refractivity contribution in [3.8, 4) is 0 Å². The normalized spacial score (nSPS) is 18.3. The van der Waals surface area contributed by atoms with Gasteiger partial charge in [-0.05, 0) is 25.5 Å². The SMILES string of the molecule is CC(C)(O)c1ccc(CN2CCNCC2)cn1. The highest BCUT2D eigenvalue weighted by molar-refractivity contribution is 5.17. The predicted molar refractivity (Wildman–Crippen MR) is 67.6 cm³/mol. The zero-order valence-corrected chi connectivity index (χ0v) is 10.6. The van der Waals surface area contributed by atoms with Crippen LogP contribution in [0, 0.1) is 0 Å². The number of nitrogens with one attached hydrogen (secondary N) is 1. The van der Waals surface area contributed by atoms with Gasteiger partial charge in [-0.15, -0.1) is 0 Å². The Hall–Kier alpha value is -0.970. The molecule has 17 heavy (non-hydrogen) atoms. The first-order valence-electron chi connectivity index (χ1n) is 6.16. The fourth-order valence-corrected chi connectivity index (χ4v) is 2.01. The summed E-state index contributed by atoms with van der Waals surface area (Å²) in [5.41, 5.74) is 1.08. The van der Waals surface area contributed by atoms with Crippen LogP contribution in [-0.2, 0) is 12.1 Å². The number of piperazine rings is 1. The van der Waals surface area contributed by atoms with Crippen molar-refractivity contribution >= 4 is 0 Å². The summed E-state index contributed by atoms with van der Waals surface area (Å²) >= 11 is 0. The summed E-state index contributed by atoms with van der Waals surface area (Å²) in [6.07, 6.45) is 1.87. The summed E-state index contributed by atoms with van der Waals surface area (Å²) in [6, 6.07) is 3.97. The van der Waals surface area contributed by atoms with Gasteiger partial charge in [0.25, 0.3) is 0 Å². The summed E-state index contributed by atoms with van der Waals surface area (Å²) in [4.78, 5) is 6.74. The average Bonchev–Trinajstić information content (AvgIpc) is 2.30. The van der Waals surface area contributed by atoms with Crippen LogP contribution in [0.5, 0.6) is 0 Å². The Morgan fingerprint density at radius 1 is 1.35 bits per heavy atom. The quantitative estimate of drug-likeness (QED) is 0.810. The molecule has 0 amide bonds. The van der Waals surface area contributed by atoms with Gasteiger partial charge in [-0.25, -0.2) is 0 Å². The summed E-state index contributed by atoms with van der Waals surface area (Å²) in [5, 5.41) is 13.2. The third-order valence-corrected chi connectivity index (χ3v) is 3.07. The van der Waals surface area contributed by atoms with E-state index < -0.39 is 5.60 Å². The third-order valence-electron chi connectivity index (χ3n) is 3.07. The zero-order valence-electron chi connectivity index (χ0n) is 10.6. The van der Waals surface area contributed by atoms with E-state index in [2.05, 4.69) is 21.3 Å². The molecule has 1 fully saturated rings. The minimum absolute atomic E-state index is 0.724. The summed E-state index contributed by atoms with van der Waals surface area (Å²) in [5.74, 6) is 0. The van der Waals surface area contributed by atoms with Crippen molar-refractivity contribution in [1.82, 2.24) is 15.2 Å². The molecule has 0 aliphatic carbocycles. The summed E-state index contributed by atoms with van der Waals surface area (Å²) in [6.45, 7) is 8.77. The van der Waals surface area contributed by atoms with E-state index in [1.807, 2.05) is 12.3 Å². The molecule has 4 heteroatoms. The highest BCUT2D eigenvalue weighted by atomic mass is 16.3. The van der Waals surface area contributed by atoms with Crippen molar-refractivity contribution in [3.63, 3.8) is 0 Å². The van der Waals surface area contributed by atoms with Crippen LogP contribution in [0.25, 0.3) is 0 Å². The van der Waals surface area contributed by atoms with Gasteiger partial charge in [0.05, 0.1) is 5.69 Å². The highest BCUT2D eigenvalue weighted by Gasteiger charge is 2.17. The first-order chi connectivity index (χ1) is 8.05. The molecular weight excluding hydrogens is 214 g/mol. The Balaban J connectivity index is 1.98. The molecule has 0 aromatic carbocycles. The summed E-state index contributed by atoms with van der Waals surface area (Å²) in [7, 11) is 0. The maximum atomic E-state index is 9.82. The van der Waals surface area contributed by atoms with Gasteiger partial charge < -0.3 is 10.4 Å². The number of hydrogen-bond acceptors (Lipinski definition) is 4. The highest BCUT2D eigenvalue weighted by Crippen LogP contribution is 2.17. The molecule has 1 aliphatic heterocycles. The van der Waals surface area contributed by atoms with Crippen molar-refractivity contribution in [2.75, 3.05) is 26.2 Å². The lowest BCUT2D eigenvalue weighted by Gasteiger charge is -2.27. The van der Waals surface area contributed by atoms with Crippen LogP contribution in [0.1, 0.15) is 25.1 Å². The molecule has 1 saturated heterocycles. The van der Waals surface area contributed by atoms with E-state index in [-0.39, 0.29) is 0 Å². The van der Waals surface area contributed by atoms with Gasteiger partial charge in [-0.1, -0.05) is 6.07 Å². The van der Waals surface area contributed by atoms with E-state index in [1.165, 1.54) is 5.56 Å². The van der Waals surface area contributed by atoms with Crippen molar-refractivity contribution in [3.05, 3.63) is 29.6 Å².